The Morgan fingerprint density at radius 3 is 2.14 bits per heavy atom. The van der Waals surface area contributed by atoms with E-state index in [0.717, 1.165) is 61.0 Å². The molecule has 1 saturated heterocycles. The number of ether oxygens (including phenoxy) is 2. The SMILES string of the molecule is CN(Cc1ccccc1)CC1CC(c2ccc(CO)cc2)OC(c2ccc(CNC(=O)CCCCCCC(=O)O)cc2)O1. The molecule has 1 aliphatic heterocycles. The molecular formula is C35H44N2O6. The molecule has 3 aromatic rings. The summed E-state index contributed by atoms with van der Waals surface area (Å²) >= 11 is 0. The van der Waals surface area contributed by atoms with Crippen molar-refractivity contribution in [2.45, 2.75) is 83.1 Å². The molecule has 1 aliphatic rings. The summed E-state index contributed by atoms with van der Waals surface area (Å²) in [7, 11) is 2.11. The number of amides is 1. The van der Waals surface area contributed by atoms with Crippen molar-refractivity contribution in [2.24, 2.45) is 0 Å². The van der Waals surface area contributed by atoms with Crippen LogP contribution in [0.2, 0.25) is 0 Å². The van der Waals surface area contributed by atoms with Gasteiger partial charge in [0.15, 0.2) is 6.29 Å². The maximum atomic E-state index is 12.3. The summed E-state index contributed by atoms with van der Waals surface area (Å²) in [4.78, 5) is 25.1. The molecule has 3 aromatic carbocycles. The first-order valence-electron chi connectivity index (χ1n) is 15.2. The number of aliphatic carboxylic acids is 1. The molecule has 0 saturated carbocycles. The molecule has 8 heteroatoms. The van der Waals surface area contributed by atoms with Crippen LogP contribution in [0.15, 0.2) is 78.9 Å². The number of rotatable bonds is 16. The van der Waals surface area contributed by atoms with Gasteiger partial charge in [-0.3, -0.25) is 14.5 Å². The van der Waals surface area contributed by atoms with Gasteiger partial charge in [0, 0.05) is 44.5 Å². The summed E-state index contributed by atoms with van der Waals surface area (Å²) in [5.41, 5.74) is 5.09. The van der Waals surface area contributed by atoms with Gasteiger partial charge < -0.3 is 25.0 Å². The first-order valence-corrected chi connectivity index (χ1v) is 15.2. The Morgan fingerprint density at radius 1 is 0.814 bits per heavy atom. The third kappa shape index (κ3) is 10.9. The molecule has 3 N–H and O–H groups in total. The van der Waals surface area contributed by atoms with E-state index >= 15 is 0 Å². The molecule has 0 bridgehead atoms. The van der Waals surface area contributed by atoms with Gasteiger partial charge in [-0.25, -0.2) is 0 Å². The number of carboxylic acid groups (broad SMARTS) is 1. The number of hydrogen-bond acceptors (Lipinski definition) is 6. The largest absolute Gasteiger partial charge is 0.481 e. The van der Waals surface area contributed by atoms with E-state index in [1.54, 1.807) is 0 Å². The van der Waals surface area contributed by atoms with Gasteiger partial charge >= 0.3 is 5.97 Å². The van der Waals surface area contributed by atoms with E-state index in [1.807, 2.05) is 54.6 Å². The van der Waals surface area contributed by atoms with E-state index in [4.69, 9.17) is 14.6 Å². The Labute approximate surface area is 254 Å². The van der Waals surface area contributed by atoms with Gasteiger partial charge in [0.25, 0.3) is 0 Å². The lowest BCUT2D eigenvalue weighted by Crippen LogP contribution is -2.37. The zero-order chi connectivity index (χ0) is 30.4. The van der Waals surface area contributed by atoms with Crippen LogP contribution in [0.3, 0.4) is 0 Å². The monoisotopic (exact) mass is 588 g/mol. The number of carbonyl (C=O) groups excluding carboxylic acids is 1. The third-order valence-corrected chi connectivity index (χ3v) is 7.71. The van der Waals surface area contributed by atoms with Crippen LogP contribution in [0.1, 0.15) is 85.2 Å². The molecule has 3 atom stereocenters. The molecule has 1 amide bonds. The fourth-order valence-corrected chi connectivity index (χ4v) is 5.34. The van der Waals surface area contributed by atoms with Crippen molar-refractivity contribution in [2.75, 3.05) is 13.6 Å². The predicted octanol–water partition coefficient (Wildman–Crippen LogP) is 5.90. The number of hydrogen-bond donors (Lipinski definition) is 3. The highest BCUT2D eigenvalue weighted by molar-refractivity contribution is 5.75. The summed E-state index contributed by atoms with van der Waals surface area (Å²) in [6.07, 6.45) is 3.71. The Bertz CT molecular complexity index is 1270. The van der Waals surface area contributed by atoms with Crippen molar-refractivity contribution in [1.82, 2.24) is 10.2 Å². The molecule has 230 valence electrons. The summed E-state index contributed by atoms with van der Waals surface area (Å²) in [5.74, 6) is -0.774. The van der Waals surface area contributed by atoms with Crippen molar-refractivity contribution in [1.29, 1.82) is 0 Å². The lowest BCUT2D eigenvalue weighted by atomic mass is 9.99. The second-order valence-electron chi connectivity index (χ2n) is 11.4. The molecule has 3 unspecified atom stereocenters. The smallest absolute Gasteiger partial charge is 0.303 e. The van der Waals surface area contributed by atoms with E-state index in [9.17, 15) is 14.7 Å². The number of benzene rings is 3. The van der Waals surface area contributed by atoms with Gasteiger partial charge in [-0.05, 0) is 42.1 Å². The fraction of sp³-hybridized carbons (Fsp3) is 0.429. The van der Waals surface area contributed by atoms with E-state index in [2.05, 4.69) is 41.5 Å². The molecule has 1 fully saturated rings. The Morgan fingerprint density at radius 2 is 1.47 bits per heavy atom. The van der Waals surface area contributed by atoms with Gasteiger partial charge in [-0.2, -0.15) is 0 Å². The maximum Gasteiger partial charge on any atom is 0.303 e. The Hall–Kier alpha value is -3.56. The molecule has 43 heavy (non-hydrogen) atoms. The first kappa shape index (κ1) is 32.4. The molecule has 8 nitrogen and oxygen atoms in total. The summed E-state index contributed by atoms with van der Waals surface area (Å²) in [6.45, 7) is 2.03. The quantitative estimate of drug-likeness (QED) is 0.179. The minimum Gasteiger partial charge on any atom is -0.481 e. The number of nitrogens with zero attached hydrogens (tertiary/aromatic N) is 1. The zero-order valence-electron chi connectivity index (χ0n) is 25.0. The first-order chi connectivity index (χ1) is 20.9. The van der Waals surface area contributed by atoms with Crippen molar-refractivity contribution in [3.8, 4) is 0 Å². The third-order valence-electron chi connectivity index (χ3n) is 7.71. The van der Waals surface area contributed by atoms with Crippen LogP contribution >= 0.6 is 0 Å². The van der Waals surface area contributed by atoms with Crippen molar-refractivity contribution in [3.05, 3.63) is 107 Å². The molecule has 0 spiro atoms. The van der Waals surface area contributed by atoms with E-state index < -0.39 is 12.3 Å². The topological polar surface area (TPSA) is 108 Å². The molecule has 0 aromatic heterocycles. The van der Waals surface area contributed by atoms with E-state index in [1.165, 1.54) is 5.56 Å². The van der Waals surface area contributed by atoms with Crippen LogP contribution in [0, 0.1) is 0 Å². The van der Waals surface area contributed by atoms with Gasteiger partial charge in [0.1, 0.15) is 0 Å². The normalized spacial score (nSPS) is 18.4. The Balaban J connectivity index is 1.33. The van der Waals surface area contributed by atoms with Crippen molar-refractivity contribution >= 4 is 11.9 Å². The minimum absolute atomic E-state index is 0.00113. The van der Waals surface area contributed by atoms with Crippen molar-refractivity contribution in [3.63, 3.8) is 0 Å². The second kappa shape index (κ2) is 16.9. The molecule has 1 heterocycles. The van der Waals surface area contributed by atoms with Crippen LogP contribution in [-0.4, -0.2) is 46.7 Å². The second-order valence-corrected chi connectivity index (χ2v) is 11.4. The van der Waals surface area contributed by atoms with Gasteiger partial charge in [-0.1, -0.05) is 91.7 Å². The lowest BCUT2D eigenvalue weighted by molar-refractivity contribution is -0.252. The summed E-state index contributed by atoms with van der Waals surface area (Å²) < 4.78 is 13.0. The lowest BCUT2D eigenvalue weighted by Gasteiger charge is -2.38. The van der Waals surface area contributed by atoms with Crippen LogP contribution in [0.25, 0.3) is 0 Å². The summed E-state index contributed by atoms with van der Waals surface area (Å²) in [6, 6.07) is 26.3. The number of nitrogens with one attached hydrogen (secondary N) is 1. The van der Waals surface area contributed by atoms with Crippen LogP contribution < -0.4 is 5.32 Å². The highest BCUT2D eigenvalue weighted by Gasteiger charge is 2.32. The average Bonchev–Trinajstić information content (AvgIpc) is 3.02. The minimum atomic E-state index is -0.773. The predicted molar refractivity (Wildman–Crippen MR) is 165 cm³/mol. The maximum absolute atomic E-state index is 12.3. The number of likely N-dealkylation sites (N-methyl/N-ethyl adjacent to an activating group) is 1. The van der Waals surface area contributed by atoms with Crippen LogP contribution in [0.4, 0.5) is 0 Å². The van der Waals surface area contributed by atoms with E-state index in [0.29, 0.717) is 19.4 Å². The fourth-order valence-electron chi connectivity index (χ4n) is 5.34. The molecule has 0 radical (unpaired) electrons. The standard InChI is InChI=1S/C35H44N2O6/c1-37(23-27-9-5-4-6-10-27)24-31-21-32(29-17-15-28(25-38)16-18-29)43-35(42-31)30-19-13-26(14-20-30)22-36-33(39)11-7-2-3-8-12-34(40)41/h4-6,9-10,13-20,31-32,35,38H,2-3,7-8,11-12,21-25H2,1H3,(H,36,39)(H,40,41). The number of aliphatic hydroxyl groups is 1. The molecular weight excluding hydrogens is 544 g/mol. The van der Waals surface area contributed by atoms with E-state index in [-0.39, 0.29) is 31.1 Å². The number of carboxylic acids is 1. The van der Waals surface area contributed by atoms with Gasteiger partial charge in [0.05, 0.1) is 18.8 Å². The molecule has 0 aliphatic carbocycles. The van der Waals surface area contributed by atoms with Crippen LogP contribution in [0.5, 0.6) is 0 Å². The number of carbonyl (C=O) groups is 2. The Kier molecular flexibility index (Phi) is 12.7. The average molecular weight is 589 g/mol. The van der Waals surface area contributed by atoms with Crippen molar-refractivity contribution < 1.29 is 29.3 Å². The van der Waals surface area contributed by atoms with Gasteiger partial charge in [-0.15, -0.1) is 0 Å². The summed E-state index contributed by atoms with van der Waals surface area (Å²) in [5, 5.41) is 21.1. The highest BCUT2D eigenvalue weighted by atomic mass is 16.7. The van der Waals surface area contributed by atoms with Gasteiger partial charge in [0.2, 0.25) is 5.91 Å². The highest BCUT2D eigenvalue weighted by Crippen LogP contribution is 2.38. The molecule has 4 rings (SSSR count). The number of aliphatic hydroxyl groups excluding tert-OH is 1. The number of unbranched alkanes of at least 4 members (excludes halogenated alkanes) is 3. The zero-order valence-corrected chi connectivity index (χ0v) is 25.0. The van der Waals surface area contributed by atoms with Crippen LogP contribution in [-0.2, 0) is 38.8 Å².